The number of fused-ring (bicyclic) bond motifs is 1. The van der Waals surface area contributed by atoms with Gasteiger partial charge in [0.2, 0.25) is 0 Å². The number of benzene rings is 2. The third-order valence-corrected chi connectivity index (χ3v) is 5.53. The summed E-state index contributed by atoms with van der Waals surface area (Å²) in [6.45, 7) is 6.40. The molecule has 28 heavy (non-hydrogen) atoms. The van der Waals surface area contributed by atoms with Crippen LogP contribution in [-0.2, 0) is 9.59 Å². The molecule has 1 aliphatic carbocycles. The van der Waals surface area contributed by atoms with Crippen molar-refractivity contribution in [3.05, 3.63) is 47.5 Å². The van der Waals surface area contributed by atoms with Crippen molar-refractivity contribution in [3.63, 3.8) is 0 Å². The molecule has 0 bridgehead atoms. The molecule has 0 unspecified atom stereocenters. The number of ketones is 4. The van der Waals surface area contributed by atoms with Crippen molar-refractivity contribution in [2.24, 2.45) is 11.8 Å². The normalized spacial score (nSPS) is 18.7. The van der Waals surface area contributed by atoms with E-state index < -0.39 is 0 Å². The lowest BCUT2D eigenvalue weighted by atomic mass is 9.79. The Hall–Kier alpha value is -2.62. The minimum absolute atomic E-state index is 0.0533. The van der Waals surface area contributed by atoms with Gasteiger partial charge in [-0.1, -0.05) is 24.3 Å². The molecule has 1 aliphatic rings. The van der Waals surface area contributed by atoms with Crippen molar-refractivity contribution in [3.8, 4) is 0 Å². The van der Waals surface area contributed by atoms with Gasteiger partial charge < -0.3 is 0 Å². The Morgan fingerprint density at radius 1 is 0.607 bits per heavy atom. The quantitative estimate of drug-likeness (QED) is 0.682. The van der Waals surface area contributed by atoms with Crippen molar-refractivity contribution in [1.82, 2.24) is 0 Å². The van der Waals surface area contributed by atoms with Gasteiger partial charge in [0.05, 0.1) is 0 Å². The second kappa shape index (κ2) is 9.54. The Bertz CT molecular complexity index is 827. The minimum atomic E-state index is 0.0533. The topological polar surface area (TPSA) is 68.3 Å². The van der Waals surface area contributed by atoms with E-state index in [0.29, 0.717) is 11.1 Å². The lowest BCUT2D eigenvalue weighted by Gasteiger charge is -2.24. The van der Waals surface area contributed by atoms with Gasteiger partial charge in [0.1, 0.15) is 11.6 Å². The summed E-state index contributed by atoms with van der Waals surface area (Å²) in [5.41, 5.74) is 1.39. The van der Waals surface area contributed by atoms with Gasteiger partial charge in [-0.05, 0) is 76.3 Å². The third-order valence-electron chi connectivity index (χ3n) is 5.53. The molecule has 1 fully saturated rings. The number of hydrogen-bond acceptors (Lipinski definition) is 4. The highest BCUT2D eigenvalue weighted by atomic mass is 16.1. The van der Waals surface area contributed by atoms with Crippen LogP contribution in [0.1, 0.15) is 74.1 Å². The predicted octanol–water partition coefficient (Wildman–Crippen LogP) is 5.22. The summed E-state index contributed by atoms with van der Waals surface area (Å²) < 4.78 is 0. The Kier molecular flexibility index (Phi) is 7.38. The van der Waals surface area contributed by atoms with Crippen molar-refractivity contribution in [2.75, 3.05) is 0 Å². The molecular formula is C24H28O4. The first-order valence-electron chi connectivity index (χ1n) is 9.75. The summed E-state index contributed by atoms with van der Waals surface area (Å²) in [5.74, 6) is 1.16. The highest BCUT2D eigenvalue weighted by molar-refractivity contribution is 6.01. The lowest BCUT2D eigenvalue weighted by molar-refractivity contribution is -0.126. The van der Waals surface area contributed by atoms with Crippen LogP contribution in [0, 0.1) is 11.8 Å². The highest BCUT2D eigenvalue weighted by Crippen LogP contribution is 2.29. The van der Waals surface area contributed by atoms with Gasteiger partial charge in [-0.15, -0.1) is 0 Å². The summed E-state index contributed by atoms with van der Waals surface area (Å²) in [4.78, 5) is 44.4. The van der Waals surface area contributed by atoms with Crippen LogP contribution >= 0.6 is 0 Å². The van der Waals surface area contributed by atoms with Gasteiger partial charge in [0, 0.05) is 23.0 Å². The largest absolute Gasteiger partial charge is 0.300 e. The van der Waals surface area contributed by atoms with Gasteiger partial charge in [-0.25, -0.2) is 0 Å². The number of carbonyl (C=O) groups excluding carboxylic acids is 4. The standard InChI is InChI=1S/C14H12O2.C10H16O2/c1-9(15)11-3-5-14-8-12(10(2)16)4-6-13(14)7-11;1-7(11)9-3-5-10(6-4-9)8(2)12/h3-8H,1-2H3;9-10H,3-6H2,1-2H3. The highest BCUT2D eigenvalue weighted by Gasteiger charge is 2.25. The lowest BCUT2D eigenvalue weighted by Crippen LogP contribution is -2.23. The zero-order valence-electron chi connectivity index (χ0n) is 17.1. The molecule has 0 heterocycles. The second-order valence-electron chi connectivity index (χ2n) is 7.66. The molecule has 3 rings (SSSR count). The van der Waals surface area contributed by atoms with E-state index in [4.69, 9.17) is 0 Å². The first-order chi connectivity index (χ1) is 13.2. The van der Waals surface area contributed by atoms with E-state index in [1.807, 2.05) is 24.3 Å². The van der Waals surface area contributed by atoms with E-state index in [-0.39, 0.29) is 35.0 Å². The first-order valence-corrected chi connectivity index (χ1v) is 9.75. The SMILES string of the molecule is CC(=O)C1CCC(C(C)=O)CC1.CC(=O)c1ccc2cc(C(C)=O)ccc2c1. The van der Waals surface area contributed by atoms with Gasteiger partial charge in [-0.2, -0.15) is 0 Å². The third kappa shape index (κ3) is 5.69. The van der Waals surface area contributed by atoms with Crippen molar-refractivity contribution >= 4 is 33.9 Å². The summed E-state index contributed by atoms with van der Waals surface area (Å²) in [6, 6.07) is 11.0. The molecular weight excluding hydrogens is 352 g/mol. The van der Waals surface area contributed by atoms with Crippen molar-refractivity contribution in [2.45, 2.75) is 53.4 Å². The summed E-state index contributed by atoms with van der Waals surface area (Å²) in [6.07, 6.45) is 3.66. The molecule has 0 spiro atoms. The minimum Gasteiger partial charge on any atom is -0.300 e. The van der Waals surface area contributed by atoms with Crippen LogP contribution in [0.4, 0.5) is 0 Å². The molecule has 1 saturated carbocycles. The van der Waals surface area contributed by atoms with Gasteiger partial charge in [-0.3, -0.25) is 19.2 Å². The monoisotopic (exact) mass is 380 g/mol. The molecule has 0 atom stereocenters. The first kappa shape index (κ1) is 21.7. The van der Waals surface area contributed by atoms with Crippen LogP contribution in [0.3, 0.4) is 0 Å². The van der Waals surface area contributed by atoms with E-state index in [1.165, 1.54) is 0 Å². The Balaban J connectivity index is 0.000000209. The zero-order valence-corrected chi connectivity index (χ0v) is 17.1. The van der Waals surface area contributed by atoms with E-state index in [9.17, 15) is 19.2 Å². The van der Waals surface area contributed by atoms with E-state index in [1.54, 1.807) is 39.8 Å². The molecule has 4 heteroatoms. The fraction of sp³-hybridized carbons (Fsp3) is 0.417. The van der Waals surface area contributed by atoms with Gasteiger partial charge in [0.15, 0.2) is 11.6 Å². The van der Waals surface area contributed by atoms with Gasteiger partial charge >= 0.3 is 0 Å². The number of Topliss-reactive ketones (excluding diaryl/α,β-unsaturated/α-hetero) is 4. The molecule has 0 saturated heterocycles. The maximum absolute atomic E-state index is 11.2. The Morgan fingerprint density at radius 2 is 0.929 bits per heavy atom. The molecule has 2 aromatic carbocycles. The van der Waals surface area contributed by atoms with Crippen LogP contribution in [0.15, 0.2) is 36.4 Å². The molecule has 0 N–H and O–H groups in total. The molecule has 0 aromatic heterocycles. The summed E-state index contributed by atoms with van der Waals surface area (Å²) in [7, 11) is 0. The van der Waals surface area contributed by atoms with Crippen LogP contribution in [0.25, 0.3) is 10.8 Å². The average Bonchev–Trinajstić information content (AvgIpc) is 2.67. The Labute approximate surface area is 166 Å². The van der Waals surface area contributed by atoms with E-state index in [2.05, 4.69) is 0 Å². The van der Waals surface area contributed by atoms with Gasteiger partial charge in [0.25, 0.3) is 0 Å². The van der Waals surface area contributed by atoms with E-state index in [0.717, 1.165) is 36.5 Å². The van der Waals surface area contributed by atoms with Crippen molar-refractivity contribution in [1.29, 1.82) is 0 Å². The van der Waals surface area contributed by atoms with Crippen LogP contribution in [-0.4, -0.2) is 23.1 Å². The van der Waals surface area contributed by atoms with Crippen molar-refractivity contribution < 1.29 is 19.2 Å². The number of carbonyl (C=O) groups is 4. The summed E-state index contributed by atoms with van der Waals surface area (Å²) >= 11 is 0. The maximum Gasteiger partial charge on any atom is 0.159 e. The molecule has 0 radical (unpaired) electrons. The predicted molar refractivity (Wildman–Crippen MR) is 111 cm³/mol. The molecule has 148 valence electrons. The summed E-state index contributed by atoms with van der Waals surface area (Å²) in [5, 5.41) is 1.97. The number of rotatable bonds is 4. The second-order valence-corrected chi connectivity index (χ2v) is 7.66. The zero-order chi connectivity index (χ0) is 20.8. The fourth-order valence-electron chi connectivity index (χ4n) is 3.59. The Morgan fingerprint density at radius 3 is 1.18 bits per heavy atom. The van der Waals surface area contributed by atoms with E-state index >= 15 is 0 Å². The fourth-order valence-corrected chi connectivity index (χ4v) is 3.59. The average molecular weight is 380 g/mol. The molecule has 4 nitrogen and oxygen atoms in total. The van der Waals surface area contributed by atoms with Crippen LogP contribution < -0.4 is 0 Å². The van der Waals surface area contributed by atoms with Crippen LogP contribution in [0.2, 0.25) is 0 Å². The molecule has 0 aliphatic heterocycles. The van der Waals surface area contributed by atoms with Crippen LogP contribution in [0.5, 0.6) is 0 Å². The smallest absolute Gasteiger partial charge is 0.159 e. The molecule has 0 amide bonds. The maximum atomic E-state index is 11.2. The number of hydrogen-bond donors (Lipinski definition) is 0. The molecule has 2 aromatic rings.